The van der Waals surface area contributed by atoms with Crippen LogP contribution in [0.15, 0.2) is 0 Å². The predicted octanol–water partition coefficient (Wildman–Crippen LogP) is 2.78. The molecular weight excluding hydrogens is 302 g/mol. The molecule has 0 aromatic carbocycles. The minimum atomic E-state index is -0.351. The lowest BCUT2D eigenvalue weighted by atomic mass is 10.1. The molecule has 21 heavy (non-hydrogen) atoms. The second kappa shape index (κ2) is 15.0. The summed E-state index contributed by atoms with van der Waals surface area (Å²) in [7, 11) is 3.71. The molecular formula is C15H33N3OS2. The zero-order valence-electron chi connectivity index (χ0n) is 13.8. The van der Waals surface area contributed by atoms with Gasteiger partial charge in [0, 0.05) is 18.3 Å². The highest BCUT2D eigenvalue weighted by Crippen LogP contribution is 2.18. The van der Waals surface area contributed by atoms with Crippen molar-refractivity contribution in [3.05, 3.63) is 0 Å². The summed E-state index contributed by atoms with van der Waals surface area (Å²) in [5.74, 6) is 1.20. The number of amides is 1. The molecule has 6 heteroatoms. The highest BCUT2D eigenvalue weighted by Gasteiger charge is 2.11. The number of hydrogen-bond donors (Lipinski definition) is 3. The number of carbonyl (C=O) groups excluding carboxylic acids is 1. The molecule has 0 saturated carbocycles. The molecule has 0 heterocycles. The van der Waals surface area contributed by atoms with E-state index in [1.165, 1.54) is 18.6 Å². The Bertz CT molecular complexity index is 253. The van der Waals surface area contributed by atoms with Gasteiger partial charge in [-0.15, -0.1) is 0 Å². The van der Waals surface area contributed by atoms with Crippen molar-refractivity contribution in [2.24, 2.45) is 5.73 Å². The summed E-state index contributed by atoms with van der Waals surface area (Å²) >= 11 is 0. The molecule has 0 aromatic heterocycles. The molecule has 0 aliphatic carbocycles. The van der Waals surface area contributed by atoms with Crippen LogP contribution in [0.2, 0.25) is 0 Å². The van der Waals surface area contributed by atoms with Gasteiger partial charge in [-0.1, -0.05) is 48.3 Å². The van der Waals surface area contributed by atoms with Crippen LogP contribution in [-0.2, 0) is 4.79 Å². The monoisotopic (exact) mass is 335 g/mol. The predicted molar refractivity (Wildman–Crippen MR) is 97.8 cm³/mol. The SMILES string of the molecule is CSSCCCCCNC(=O)[C@H](N)CCCCNC(C)C. The lowest BCUT2D eigenvalue weighted by Crippen LogP contribution is -2.41. The molecule has 4 N–H and O–H groups in total. The van der Waals surface area contributed by atoms with Crippen LogP contribution in [0, 0.1) is 0 Å². The molecule has 4 nitrogen and oxygen atoms in total. The molecule has 1 atom stereocenters. The first kappa shape index (κ1) is 21.1. The van der Waals surface area contributed by atoms with Crippen molar-refractivity contribution in [3.8, 4) is 0 Å². The van der Waals surface area contributed by atoms with Crippen LogP contribution < -0.4 is 16.4 Å². The molecule has 0 bridgehead atoms. The Balaban J connectivity index is 3.40. The Morgan fingerprint density at radius 3 is 2.48 bits per heavy atom. The Hall–Kier alpha value is 0.0900. The Morgan fingerprint density at radius 1 is 1.10 bits per heavy atom. The topological polar surface area (TPSA) is 67.2 Å². The third-order valence-electron chi connectivity index (χ3n) is 3.15. The van der Waals surface area contributed by atoms with Crippen LogP contribution in [-0.4, -0.2) is 43.1 Å². The van der Waals surface area contributed by atoms with Gasteiger partial charge in [0.1, 0.15) is 0 Å². The fraction of sp³-hybridized carbons (Fsp3) is 0.933. The summed E-state index contributed by atoms with van der Waals surface area (Å²) in [4.78, 5) is 11.8. The summed E-state index contributed by atoms with van der Waals surface area (Å²) < 4.78 is 0. The highest BCUT2D eigenvalue weighted by atomic mass is 33.1. The maximum Gasteiger partial charge on any atom is 0.236 e. The second-order valence-electron chi connectivity index (χ2n) is 5.55. The van der Waals surface area contributed by atoms with Gasteiger partial charge in [-0.3, -0.25) is 4.79 Å². The number of rotatable bonds is 14. The van der Waals surface area contributed by atoms with Crippen molar-refractivity contribution < 1.29 is 4.79 Å². The largest absolute Gasteiger partial charge is 0.355 e. The lowest BCUT2D eigenvalue weighted by Gasteiger charge is -2.13. The normalized spacial score (nSPS) is 12.6. The molecule has 126 valence electrons. The number of hydrogen-bond acceptors (Lipinski definition) is 5. The third kappa shape index (κ3) is 14.8. The van der Waals surface area contributed by atoms with Crippen LogP contribution in [0.5, 0.6) is 0 Å². The van der Waals surface area contributed by atoms with Gasteiger partial charge < -0.3 is 16.4 Å². The van der Waals surface area contributed by atoms with E-state index in [0.717, 1.165) is 38.8 Å². The molecule has 0 rings (SSSR count). The summed E-state index contributed by atoms with van der Waals surface area (Å²) in [5.41, 5.74) is 5.90. The van der Waals surface area contributed by atoms with E-state index < -0.39 is 0 Å². The van der Waals surface area contributed by atoms with E-state index in [1.54, 1.807) is 0 Å². The maximum absolute atomic E-state index is 11.8. The summed E-state index contributed by atoms with van der Waals surface area (Å²) in [6.07, 6.45) is 8.39. The third-order valence-corrected chi connectivity index (χ3v) is 5.05. The first-order valence-electron chi connectivity index (χ1n) is 8.00. The van der Waals surface area contributed by atoms with Crippen LogP contribution in [0.25, 0.3) is 0 Å². The van der Waals surface area contributed by atoms with Crippen LogP contribution in [0.4, 0.5) is 0 Å². The van der Waals surface area contributed by atoms with Crippen molar-refractivity contribution in [2.45, 2.75) is 64.5 Å². The van der Waals surface area contributed by atoms with Crippen molar-refractivity contribution in [1.82, 2.24) is 10.6 Å². The molecule has 0 radical (unpaired) electrons. The second-order valence-corrected chi connectivity index (χ2v) is 8.24. The minimum absolute atomic E-state index is 0.00491. The first-order chi connectivity index (χ1) is 10.1. The Kier molecular flexibility index (Phi) is 15.1. The first-order valence-corrected chi connectivity index (χ1v) is 10.7. The maximum atomic E-state index is 11.8. The molecule has 0 unspecified atom stereocenters. The summed E-state index contributed by atoms with van der Waals surface area (Å²) in [6, 6.07) is 0.174. The zero-order valence-corrected chi connectivity index (χ0v) is 15.5. The van der Waals surface area contributed by atoms with E-state index in [0.29, 0.717) is 6.04 Å². The summed E-state index contributed by atoms with van der Waals surface area (Å²) in [5, 5.41) is 6.31. The number of unbranched alkanes of at least 4 members (excludes halogenated alkanes) is 3. The smallest absolute Gasteiger partial charge is 0.236 e. The molecule has 0 fully saturated rings. The molecule has 1 amide bonds. The highest BCUT2D eigenvalue weighted by molar-refractivity contribution is 8.76. The van der Waals surface area contributed by atoms with Crippen molar-refractivity contribution in [3.63, 3.8) is 0 Å². The Labute approximate surface area is 138 Å². The summed E-state index contributed by atoms with van der Waals surface area (Å²) in [6.45, 7) is 6.03. The lowest BCUT2D eigenvalue weighted by molar-refractivity contribution is -0.122. The van der Waals surface area contributed by atoms with Crippen molar-refractivity contribution >= 4 is 27.5 Å². The van der Waals surface area contributed by atoms with Crippen molar-refractivity contribution in [1.29, 1.82) is 0 Å². The van der Waals surface area contributed by atoms with Gasteiger partial charge in [-0.05, 0) is 38.5 Å². The number of carbonyl (C=O) groups is 1. The molecule has 0 aromatic rings. The van der Waals surface area contributed by atoms with Gasteiger partial charge in [0.25, 0.3) is 0 Å². The average Bonchev–Trinajstić information content (AvgIpc) is 2.45. The quantitative estimate of drug-likeness (QED) is 0.336. The van der Waals surface area contributed by atoms with Gasteiger partial charge in [-0.2, -0.15) is 0 Å². The van der Waals surface area contributed by atoms with E-state index in [4.69, 9.17) is 5.73 Å². The van der Waals surface area contributed by atoms with Crippen LogP contribution in [0.1, 0.15) is 52.4 Å². The number of nitrogens with one attached hydrogen (secondary N) is 2. The molecule has 0 spiro atoms. The van der Waals surface area contributed by atoms with E-state index >= 15 is 0 Å². The van der Waals surface area contributed by atoms with E-state index in [1.807, 2.05) is 21.6 Å². The Morgan fingerprint density at radius 2 is 1.81 bits per heavy atom. The molecule has 0 aliphatic heterocycles. The van der Waals surface area contributed by atoms with Crippen LogP contribution >= 0.6 is 21.6 Å². The minimum Gasteiger partial charge on any atom is -0.355 e. The fourth-order valence-electron chi connectivity index (χ4n) is 1.90. The van der Waals surface area contributed by atoms with Gasteiger partial charge in [-0.25, -0.2) is 0 Å². The molecule has 0 aliphatic rings. The van der Waals surface area contributed by atoms with E-state index in [2.05, 4.69) is 30.7 Å². The fourth-order valence-corrected chi connectivity index (χ4v) is 3.24. The van der Waals surface area contributed by atoms with Gasteiger partial charge in [0.15, 0.2) is 0 Å². The van der Waals surface area contributed by atoms with E-state index in [9.17, 15) is 4.79 Å². The van der Waals surface area contributed by atoms with Crippen LogP contribution in [0.3, 0.4) is 0 Å². The van der Waals surface area contributed by atoms with Gasteiger partial charge in [0.05, 0.1) is 6.04 Å². The average molecular weight is 336 g/mol. The van der Waals surface area contributed by atoms with Gasteiger partial charge in [0.2, 0.25) is 5.91 Å². The molecule has 0 saturated heterocycles. The standard InChI is InChI=1S/C15H33N3OS2/c1-13(2)17-10-7-5-9-14(16)15(19)18-11-6-4-8-12-21-20-3/h13-14,17H,4-12,16H2,1-3H3,(H,18,19)/t14-/m1/s1. The van der Waals surface area contributed by atoms with Gasteiger partial charge >= 0.3 is 0 Å². The van der Waals surface area contributed by atoms with E-state index in [-0.39, 0.29) is 11.9 Å². The van der Waals surface area contributed by atoms with Crippen molar-refractivity contribution in [2.75, 3.05) is 25.1 Å². The zero-order chi connectivity index (χ0) is 15.9. The number of nitrogens with two attached hydrogens (primary N) is 1.